The minimum absolute atomic E-state index is 0.163. The molecule has 1 heterocycles. The zero-order valence-electron chi connectivity index (χ0n) is 10.8. The Hall–Kier alpha value is -2.61. The van der Waals surface area contributed by atoms with E-state index in [0.29, 0.717) is 28.8 Å². The Kier molecular flexibility index (Phi) is 3.62. The van der Waals surface area contributed by atoms with Crippen molar-refractivity contribution in [3.05, 3.63) is 41.7 Å². The highest BCUT2D eigenvalue weighted by Gasteiger charge is 2.08. The van der Waals surface area contributed by atoms with Crippen molar-refractivity contribution in [2.45, 2.75) is 19.8 Å². The lowest BCUT2D eigenvalue weighted by Gasteiger charge is -2.09. The van der Waals surface area contributed by atoms with Crippen LogP contribution in [0.15, 0.2) is 30.3 Å². The third-order valence-corrected chi connectivity index (χ3v) is 2.44. The first-order valence-electron chi connectivity index (χ1n) is 5.91. The molecule has 0 unspecified atom stereocenters. The molecule has 2 N–H and O–H groups in total. The summed E-state index contributed by atoms with van der Waals surface area (Å²) in [7, 11) is 0. The van der Waals surface area contributed by atoms with Crippen molar-refractivity contribution in [2.24, 2.45) is 0 Å². The van der Waals surface area contributed by atoms with Crippen molar-refractivity contribution >= 4 is 5.82 Å². The van der Waals surface area contributed by atoms with Crippen LogP contribution in [0.4, 0.5) is 5.82 Å². The van der Waals surface area contributed by atoms with Crippen LogP contribution in [-0.2, 0) is 0 Å². The Morgan fingerprint density at radius 2 is 2.05 bits per heavy atom. The Labute approximate surface area is 111 Å². The van der Waals surface area contributed by atoms with E-state index in [0.717, 1.165) is 0 Å². The summed E-state index contributed by atoms with van der Waals surface area (Å²) in [5, 5.41) is 8.84. The number of nitrogen functional groups attached to an aromatic ring is 1. The normalized spacial score (nSPS) is 10.2. The molecule has 0 radical (unpaired) electrons. The van der Waals surface area contributed by atoms with Gasteiger partial charge in [-0.15, -0.1) is 0 Å². The summed E-state index contributed by atoms with van der Waals surface area (Å²) in [5.74, 6) is 2.09. The topological polar surface area (TPSA) is 84.8 Å². The van der Waals surface area contributed by atoms with E-state index < -0.39 is 0 Å². The molecule has 5 heteroatoms. The predicted molar refractivity (Wildman–Crippen MR) is 71.8 cm³/mol. The van der Waals surface area contributed by atoms with Crippen LogP contribution in [0, 0.1) is 11.3 Å². The molecule has 0 aliphatic heterocycles. The zero-order chi connectivity index (χ0) is 13.8. The van der Waals surface area contributed by atoms with Gasteiger partial charge >= 0.3 is 0 Å². The van der Waals surface area contributed by atoms with E-state index in [-0.39, 0.29) is 5.92 Å². The highest BCUT2D eigenvalue weighted by molar-refractivity contribution is 5.40. The largest absolute Gasteiger partial charge is 0.439 e. The van der Waals surface area contributed by atoms with Crippen molar-refractivity contribution in [2.75, 3.05) is 5.73 Å². The molecule has 0 bridgehead atoms. The average molecular weight is 254 g/mol. The lowest BCUT2D eigenvalue weighted by atomic mass is 10.2. The van der Waals surface area contributed by atoms with Crippen LogP contribution >= 0.6 is 0 Å². The Balaban J connectivity index is 2.30. The van der Waals surface area contributed by atoms with E-state index in [1.54, 1.807) is 30.3 Å². The number of benzene rings is 1. The lowest BCUT2D eigenvalue weighted by molar-refractivity contribution is 0.457. The van der Waals surface area contributed by atoms with Crippen LogP contribution < -0.4 is 10.5 Å². The fourth-order valence-corrected chi connectivity index (χ4v) is 1.52. The molecule has 0 amide bonds. The van der Waals surface area contributed by atoms with Crippen molar-refractivity contribution in [3.63, 3.8) is 0 Å². The first-order chi connectivity index (χ1) is 9.08. The number of aromatic nitrogens is 2. The smallest absolute Gasteiger partial charge is 0.224 e. The van der Waals surface area contributed by atoms with Gasteiger partial charge in [-0.2, -0.15) is 10.2 Å². The Morgan fingerprint density at radius 3 is 2.74 bits per heavy atom. The number of rotatable bonds is 3. The van der Waals surface area contributed by atoms with Gasteiger partial charge in [0.1, 0.15) is 17.4 Å². The van der Waals surface area contributed by atoms with E-state index in [9.17, 15) is 0 Å². The molecular formula is C14H14N4O. The van der Waals surface area contributed by atoms with Gasteiger partial charge in [0.2, 0.25) is 5.88 Å². The van der Waals surface area contributed by atoms with Crippen molar-refractivity contribution < 1.29 is 4.74 Å². The monoisotopic (exact) mass is 254 g/mol. The Morgan fingerprint density at radius 1 is 1.26 bits per heavy atom. The van der Waals surface area contributed by atoms with Crippen LogP contribution in [-0.4, -0.2) is 9.97 Å². The van der Waals surface area contributed by atoms with Crippen LogP contribution in [0.5, 0.6) is 11.6 Å². The predicted octanol–water partition coefficient (Wildman–Crippen LogP) is 2.85. The summed E-state index contributed by atoms with van der Waals surface area (Å²) in [5.41, 5.74) is 6.25. The van der Waals surface area contributed by atoms with E-state index in [1.165, 1.54) is 0 Å². The average Bonchev–Trinajstić information content (AvgIpc) is 2.38. The molecule has 0 aliphatic carbocycles. The summed E-state index contributed by atoms with van der Waals surface area (Å²) in [6.07, 6.45) is 0. The first-order valence-corrected chi connectivity index (χ1v) is 5.91. The molecule has 5 nitrogen and oxygen atoms in total. The number of ether oxygens (including phenoxy) is 1. The van der Waals surface area contributed by atoms with Crippen LogP contribution in [0.25, 0.3) is 0 Å². The van der Waals surface area contributed by atoms with Gasteiger partial charge in [0.15, 0.2) is 0 Å². The van der Waals surface area contributed by atoms with E-state index in [2.05, 4.69) is 16.0 Å². The quantitative estimate of drug-likeness (QED) is 0.910. The van der Waals surface area contributed by atoms with Crippen molar-refractivity contribution in [1.82, 2.24) is 9.97 Å². The molecule has 19 heavy (non-hydrogen) atoms. The molecule has 1 aromatic carbocycles. The number of hydrogen-bond acceptors (Lipinski definition) is 5. The van der Waals surface area contributed by atoms with Crippen LogP contribution in [0.2, 0.25) is 0 Å². The summed E-state index contributed by atoms with van der Waals surface area (Å²) in [6, 6.07) is 10.5. The fraction of sp³-hybridized carbons (Fsp3) is 0.214. The molecule has 0 fully saturated rings. The first kappa shape index (κ1) is 12.8. The zero-order valence-corrected chi connectivity index (χ0v) is 10.8. The molecule has 0 atom stereocenters. The van der Waals surface area contributed by atoms with Crippen molar-refractivity contribution in [1.29, 1.82) is 5.26 Å². The van der Waals surface area contributed by atoms with Gasteiger partial charge in [0, 0.05) is 12.0 Å². The highest BCUT2D eigenvalue weighted by Crippen LogP contribution is 2.23. The standard InChI is InChI=1S/C14H14N4O/c1-9(2)14-17-12(16)7-13(18-14)19-11-5-3-4-10(6-11)8-15/h3-7,9H,1-2H3,(H2,16,17,18). The van der Waals surface area contributed by atoms with Gasteiger partial charge in [0.25, 0.3) is 0 Å². The maximum atomic E-state index is 8.84. The van der Waals surface area contributed by atoms with Gasteiger partial charge in [-0.05, 0) is 18.2 Å². The number of nitriles is 1. The molecule has 0 saturated carbocycles. The second-order valence-corrected chi connectivity index (χ2v) is 4.39. The lowest BCUT2D eigenvalue weighted by Crippen LogP contribution is -2.03. The number of nitrogens with two attached hydrogens (primary N) is 1. The third kappa shape index (κ3) is 3.19. The Bertz CT molecular complexity index is 632. The van der Waals surface area contributed by atoms with E-state index in [1.807, 2.05) is 13.8 Å². The minimum atomic E-state index is 0.163. The molecule has 0 spiro atoms. The third-order valence-electron chi connectivity index (χ3n) is 2.44. The van der Waals surface area contributed by atoms with Gasteiger partial charge in [-0.3, -0.25) is 0 Å². The van der Waals surface area contributed by atoms with E-state index >= 15 is 0 Å². The van der Waals surface area contributed by atoms with Crippen molar-refractivity contribution in [3.8, 4) is 17.7 Å². The summed E-state index contributed by atoms with van der Waals surface area (Å²) in [4.78, 5) is 8.43. The van der Waals surface area contributed by atoms with Gasteiger partial charge in [-0.25, -0.2) is 4.98 Å². The maximum absolute atomic E-state index is 8.84. The van der Waals surface area contributed by atoms with Gasteiger partial charge < -0.3 is 10.5 Å². The summed E-state index contributed by atoms with van der Waals surface area (Å²) in [6.45, 7) is 3.96. The van der Waals surface area contributed by atoms with Gasteiger partial charge in [-0.1, -0.05) is 19.9 Å². The fourth-order valence-electron chi connectivity index (χ4n) is 1.52. The highest BCUT2D eigenvalue weighted by atomic mass is 16.5. The minimum Gasteiger partial charge on any atom is -0.439 e. The number of hydrogen-bond donors (Lipinski definition) is 1. The van der Waals surface area contributed by atoms with Crippen LogP contribution in [0.1, 0.15) is 31.2 Å². The second kappa shape index (κ2) is 5.36. The number of anilines is 1. The molecule has 96 valence electrons. The molecule has 1 aromatic heterocycles. The van der Waals surface area contributed by atoms with Crippen LogP contribution in [0.3, 0.4) is 0 Å². The summed E-state index contributed by atoms with van der Waals surface area (Å²) >= 11 is 0. The number of nitrogens with zero attached hydrogens (tertiary/aromatic N) is 3. The molecule has 2 rings (SSSR count). The molecule has 2 aromatic rings. The molecule has 0 saturated heterocycles. The molecule has 0 aliphatic rings. The summed E-state index contributed by atoms with van der Waals surface area (Å²) < 4.78 is 5.61. The second-order valence-electron chi connectivity index (χ2n) is 4.39. The maximum Gasteiger partial charge on any atom is 0.224 e. The van der Waals surface area contributed by atoms with Gasteiger partial charge in [0.05, 0.1) is 11.6 Å². The molecular weight excluding hydrogens is 240 g/mol. The van der Waals surface area contributed by atoms with E-state index in [4.69, 9.17) is 15.7 Å². The SMILES string of the molecule is CC(C)c1nc(N)cc(Oc2cccc(C#N)c2)n1.